The highest BCUT2D eigenvalue weighted by Gasteiger charge is 2.38. The van der Waals surface area contributed by atoms with Gasteiger partial charge < -0.3 is 29.2 Å². The van der Waals surface area contributed by atoms with Crippen LogP contribution in [-0.2, 0) is 27.0 Å². The van der Waals surface area contributed by atoms with Crippen molar-refractivity contribution in [3.63, 3.8) is 0 Å². The topological polar surface area (TPSA) is 95.0 Å². The van der Waals surface area contributed by atoms with Crippen molar-refractivity contribution in [3.8, 4) is 5.88 Å². The van der Waals surface area contributed by atoms with E-state index in [1.165, 1.54) is 17.0 Å². The average Bonchev–Trinajstić information content (AvgIpc) is 3.16. The number of halogens is 3. The van der Waals surface area contributed by atoms with Gasteiger partial charge >= 0.3 is 12.3 Å². The van der Waals surface area contributed by atoms with E-state index >= 15 is 0 Å². The quantitative estimate of drug-likeness (QED) is 0.600. The normalized spacial score (nSPS) is 20.7. The molecule has 0 unspecified atom stereocenters. The van der Waals surface area contributed by atoms with Gasteiger partial charge in [0.1, 0.15) is 11.7 Å². The van der Waals surface area contributed by atoms with Crippen LogP contribution in [-0.4, -0.2) is 71.1 Å². The van der Waals surface area contributed by atoms with E-state index in [0.717, 1.165) is 12.1 Å². The lowest BCUT2D eigenvalue weighted by atomic mass is 10.1. The first-order valence-electron chi connectivity index (χ1n) is 11.6. The van der Waals surface area contributed by atoms with Crippen LogP contribution in [0.3, 0.4) is 0 Å². The van der Waals surface area contributed by atoms with Gasteiger partial charge in [0, 0.05) is 18.8 Å². The van der Waals surface area contributed by atoms with Gasteiger partial charge in [-0.3, -0.25) is 0 Å². The van der Waals surface area contributed by atoms with Crippen molar-refractivity contribution in [1.82, 2.24) is 14.9 Å². The smallest absolute Gasteiger partial charge is 0.416 e. The monoisotopic (exact) mass is 510 g/mol. The zero-order valence-corrected chi connectivity index (χ0v) is 20.2. The highest BCUT2D eigenvalue weighted by atomic mass is 19.4. The van der Waals surface area contributed by atoms with Crippen molar-refractivity contribution in [1.29, 1.82) is 0 Å². The van der Waals surface area contributed by atoms with Gasteiger partial charge in [0.05, 0.1) is 44.1 Å². The lowest BCUT2D eigenvalue weighted by molar-refractivity contribution is -0.137. The molecule has 196 valence electrons. The number of nitrogens with one attached hydrogen (secondary N) is 1. The van der Waals surface area contributed by atoms with Gasteiger partial charge in [0.15, 0.2) is 0 Å². The molecule has 1 N–H and O–H groups in total. The fourth-order valence-electron chi connectivity index (χ4n) is 3.65. The molecule has 36 heavy (non-hydrogen) atoms. The summed E-state index contributed by atoms with van der Waals surface area (Å²) >= 11 is 0. The lowest BCUT2D eigenvalue weighted by Gasteiger charge is -2.26. The van der Waals surface area contributed by atoms with Crippen molar-refractivity contribution in [3.05, 3.63) is 47.7 Å². The molecule has 2 aliphatic heterocycles. The average molecular weight is 511 g/mol. The van der Waals surface area contributed by atoms with Crippen LogP contribution in [0.1, 0.15) is 31.9 Å². The fraction of sp³-hybridized carbons (Fsp3) is 0.542. The molecule has 2 atom stereocenters. The number of hydrogen-bond acceptors (Lipinski definition) is 8. The van der Waals surface area contributed by atoms with Crippen LogP contribution in [0.4, 0.5) is 23.9 Å². The minimum atomic E-state index is -4.41. The van der Waals surface area contributed by atoms with Gasteiger partial charge in [-0.25, -0.2) is 9.78 Å². The van der Waals surface area contributed by atoms with Crippen LogP contribution < -0.4 is 10.1 Å². The fourth-order valence-corrected chi connectivity index (χ4v) is 3.65. The molecule has 0 bridgehead atoms. The summed E-state index contributed by atoms with van der Waals surface area (Å²) in [6.07, 6.45) is -3.88. The minimum absolute atomic E-state index is 0.0540. The van der Waals surface area contributed by atoms with Crippen molar-refractivity contribution in [2.45, 2.75) is 57.4 Å². The van der Waals surface area contributed by atoms with E-state index in [-0.39, 0.29) is 25.8 Å². The molecule has 9 nitrogen and oxygen atoms in total. The van der Waals surface area contributed by atoms with Crippen LogP contribution in [0.15, 0.2) is 36.5 Å². The van der Waals surface area contributed by atoms with E-state index in [1.807, 2.05) is 0 Å². The Morgan fingerprint density at radius 2 is 1.86 bits per heavy atom. The number of aromatic nitrogens is 2. The standard InChI is InChI=1S/C24H29F3N4O5/c1-23(2,3)36-22(32)31-10-18(29-21-28-9-8-20(30-21)35-17-13-33-14-17)19(11-31)34-12-15-4-6-16(7-5-15)24(25,26)27/h4-9,17-19H,10-14H2,1-3H3,(H,28,29,30)/t18-,19-/m1/s1. The number of carbonyl (C=O) groups is 1. The van der Waals surface area contributed by atoms with Gasteiger partial charge in [0.25, 0.3) is 0 Å². The van der Waals surface area contributed by atoms with Crippen LogP contribution >= 0.6 is 0 Å². The summed E-state index contributed by atoms with van der Waals surface area (Å²) in [5, 5.41) is 3.20. The molecule has 1 amide bonds. The van der Waals surface area contributed by atoms with E-state index < -0.39 is 35.6 Å². The number of amides is 1. The summed E-state index contributed by atoms with van der Waals surface area (Å²) < 4.78 is 60.9. The summed E-state index contributed by atoms with van der Waals surface area (Å²) in [6.45, 7) is 6.89. The second kappa shape index (κ2) is 10.5. The first kappa shape index (κ1) is 26.0. The molecule has 2 saturated heterocycles. The summed E-state index contributed by atoms with van der Waals surface area (Å²) in [5.74, 6) is 0.692. The van der Waals surface area contributed by atoms with Crippen LogP contribution in [0.5, 0.6) is 5.88 Å². The van der Waals surface area contributed by atoms with Gasteiger partial charge in [-0.05, 0) is 38.5 Å². The second-order valence-corrected chi connectivity index (χ2v) is 9.68. The minimum Gasteiger partial charge on any atom is -0.469 e. The zero-order valence-electron chi connectivity index (χ0n) is 20.2. The van der Waals surface area contributed by atoms with Gasteiger partial charge in [-0.15, -0.1) is 0 Å². The Morgan fingerprint density at radius 1 is 1.14 bits per heavy atom. The summed E-state index contributed by atoms with van der Waals surface area (Å²) in [4.78, 5) is 22.8. The van der Waals surface area contributed by atoms with E-state index in [1.54, 1.807) is 33.0 Å². The number of likely N-dealkylation sites (tertiary alicyclic amines) is 1. The molecular formula is C24H29F3N4O5. The maximum absolute atomic E-state index is 12.9. The van der Waals surface area contributed by atoms with Gasteiger partial charge in [-0.2, -0.15) is 18.2 Å². The molecule has 2 aromatic rings. The predicted octanol–water partition coefficient (Wildman–Crippen LogP) is 3.89. The van der Waals surface area contributed by atoms with Crippen LogP contribution in [0.25, 0.3) is 0 Å². The third kappa shape index (κ3) is 6.97. The summed E-state index contributed by atoms with van der Waals surface area (Å²) in [7, 11) is 0. The van der Waals surface area contributed by atoms with E-state index in [2.05, 4.69) is 15.3 Å². The molecule has 4 rings (SSSR count). The number of ether oxygens (including phenoxy) is 4. The molecule has 2 aliphatic rings. The third-order valence-corrected chi connectivity index (χ3v) is 5.50. The number of carbonyl (C=O) groups excluding carboxylic acids is 1. The Labute approximate surface area is 206 Å². The highest BCUT2D eigenvalue weighted by Crippen LogP contribution is 2.29. The highest BCUT2D eigenvalue weighted by molar-refractivity contribution is 5.69. The molecule has 0 aliphatic carbocycles. The predicted molar refractivity (Wildman–Crippen MR) is 123 cm³/mol. The number of anilines is 1. The molecule has 0 saturated carbocycles. The van der Waals surface area contributed by atoms with E-state index in [9.17, 15) is 18.0 Å². The Hall–Kier alpha value is -3.12. The van der Waals surface area contributed by atoms with E-state index in [0.29, 0.717) is 30.6 Å². The number of nitrogens with zero attached hydrogens (tertiary/aromatic N) is 3. The molecule has 1 aromatic heterocycles. The van der Waals surface area contributed by atoms with Crippen molar-refractivity contribution in [2.75, 3.05) is 31.6 Å². The summed E-state index contributed by atoms with van der Waals surface area (Å²) in [5.41, 5.74) is -0.818. The van der Waals surface area contributed by atoms with Crippen LogP contribution in [0.2, 0.25) is 0 Å². The Bertz CT molecular complexity index is 1040. The lowest BCUT2D eigenvalue weighted by Crippen LogP contribution is -2.39. The van der Waals surface area contributed by atoms with Crippen LogP contribution in [0, 0.1) is 0 Å². The molecular weight excluding hydrogens is 481 g/mol. The number of hydrogen-bond donors (Lipinski definition) is 1. The molecule has 3 heterocycles. The zero-order chi connectivity index (χ0) is 25.9. The molecule has 2 fully saturated rings. The van der Waals surface area contributed by atoms with Crippen molar-refractivity contribution < 1.29 is 36.9 Å². The molecule has 1 aromatic carbocycles. The van der Waals surface area contributed by atoms with E-state index in [4.69, 9.17) is 18.9 Å². The van der Waals surface area contributed by atoms with Gasteiger partial charge in [-0.1, -0.05) is 12.1 Å². The number of alkyl halides is 3. The SMILES string of the molecule is CC(C)(C)OC(=O)N1C[C@@H](Nc2nccc(OC3COC3)n2)[C@H](OCc2ccc(C(F)(F)F)cc2)C1. The Kier molecular flexibility index (Phi) is 7.55. The molecule has 0 radical (unpaired) electrons. The molecule has 0 spiro atoms. The van der Waals surface area contributed by atoms with Crippen molar-refractivity contribution in [2.24, 2.45) is 0 Å². The van der Waals surface area contributed by atoms with Gasteiger partial charge in [0.2, 0.25) is 11.8 Å². The first-order chi connectivity index (χ1) is 17.0. The Balaban J connectivity index is 1.44. The number of benzene rings is 1. The Morgan fingerprint density at radius 3 is 2.47 bits per heavy atom. The second-order valence-electron chi connectivity index (χ2n) is 9.68. The first-order valence-corrected chi connectivity index (χ1v) is 11.6. The maximum Gasteiger partial charge on any atom is 0.416 e. The molecule has 12 heteroatoms. The van der Waals surface area contributed by atoms with Crippen molar-refractivity contribution >= 4 is 12.0 Å². The maximum atomic E-state index is 12.9. The summed E-state index contributed by atoms with van der Waals surface area (Å²) in [6, 6.07) is 6.03. The third-order valence-electron chi connectivity index (χ3n) is 5.50. The largest absolute Gasteiger partial charge is 0.469 e. The number of rotatable bonds is 7.